The number of unbranched alkanes of at least 4 members (excludes halogenated alkanes) is 2. The third-order valence-corrected chi connectivity index (χ3v) is 3.57. The maximum absolute atomic E-state index is 13.6. The number of nitrogens with one attached hydrogen (secondary N) is 1. The quantitative estimate of drug-likeness (QED) is 0.433. The first-order valence-corrected chi connectivity index (χ1v) is 7.74. The minimum Gasteiger partial charge on any atom is -0.402 e. The van der Waals surface area contributed by atoms with Crippen molar-refractivity contribution in [3.8, 4) is 0 Å². The van der Waals surface area contributed by atoms with E-state index in [1.54, 1.807) is 6.92 Å². The molecule has 4 atom stereocenters. The van der Waals surface area contributed by atoms with Crippen LogP contribution in [0.3, 0.4) is 0 Å². The van der Waals surface area contributed by atoms with E-state index in [2.05, 4.69) is 30.7 Å². The van der Waals surface area contributed by atoms with Gasteiger partial charge in [0, 0.05) is 12.0 Å². The summed E-state index contributed by atoms with van der Waals surface area (Å²) in [5.74, 6) is -1.00. The summed E-state index contributed by atoms with van der Waals surface area (Å²) in [7, 11) is 0. The third kappa shape index (κ3) is 6.50. The fraction of sp³-hybridized carbons (Fsp3) is 0.562. The molecule has 1 fully saturated rings. The Morgan fingerprint density at radius 3 is 2.56 bits per heavy atom. The van der Waals surface area contributed by atoms with E-state index in [0.717, 1.165) is 12.6 Å². The molecule has 2 rings (SSSR count). The molecule has 0 aromatic heterocycles. The van der Waals surface area contributed by atoms with Crippen LogP contribution in [-0.4, -0.2) is 51.9 Å². The molecule has 0 radical (unpaired) electrons. The van der Waals surface area contributed by atoms with Crippen LogP contribution in [0.15, 0.2) is 29.4 Å². The van der Waals surface area contributed by atoms with Crippen molar-refractivity contribution in [3.05, 3.63) is 31.4 Å². The molecule has 25 heavy (non-hydrogen) atoms. The zero-order chi connectivity index (χ0) is 18.3. The van der Waals surface area contributed by atoms with Crippen molar-refractivity contribution in [1.29, 1.82) is 0 Å². The van der Waals surface area contributed by atoms with Gasteiger partial charge in [-0.1, -0.05) is 26.3 Å². The van der Waals surface area contributed by atoms with E-state index < -0.39 is 30.4 Å². The van der Waals surface area contributed by atoms with E-state index in [9.17, 15) is 19.4 Å². The van der Waals surface area contributed by atoms with Gasteiger partial charge in [-0.2, -0.15) is 6.42 Å². The van der Waals surface area contributed by atoms with Gasteiger partial charge in [0.2, 0.25) is 0 Å². The van der Waals surface area contributed by atoms with E-state index in [1.807, 2.05) is 0 Å². The first-order valence-electron chi connectivity index (χ1n) is 7.74. The molecule has 9 heteroatoms. The van der Waals surface area contributed by atoms with Crippen LogP contribution in [0.5, 0.6) is 0 Å². The Morgan fingerprint density at radius 1 is 1.52 bits per heavy atom. The number of ether oxygens (including phenoxy) is 1. The topological polar surface area (TPSA) is 94.4 Å². The Morgan fingerprint density at radius 2 is 2.16 bits per heavy atom. The maximum Gasteiger partial charge on any atom is 2.00 e. The fourth-order valence-electron chi connectivity index (χ4n) is 2.18. The van der Waals surface area contributed by atoms with E-state index >= 15 is 0 Å². The molecule has 2 aliphatic rings. The molecule has 1 saturated heterocycles. The first kappa shape index (κ1) is 24.3. The number of aliphatic hydroxyl groups excluding tert-OH is 2. The van der Waals surface area contributed by atoms with Gasteiger partial charge in [0.25, 0.3) is 0 Å². The van der Waals surface area contributed by atoms with Crippen molar-refractivity contribution in [2.75, 3.05) is 0 Å². The molecule has 0 aromatic rings. The molecular formula is C16H24FN3O4U. The second kappa shape index (κ2) is 11.8. The Labute approximate surface area is 171 Å². The summed E-state index contributed by atoms with van der Waals surface area (Å²) in [4.78, 5) is 14.4. The minimum atomic E-state index is -1.21. The summed E-state index contributed by atoms with van der Waals surface area (Å²) in [6.07, 6.45) is 1.98. The predicted octanol–water partition coefficient (Wildman–Crippen LogP) is 1.12. The average molecular weight is 579 g/mol. The summed E-state index contributed by atoms with van der Waals surface area (Å²) in [5.41, 5.74) is 0. The van der Waals surface area contributed by atoms with Crippen LogP contribution in [0.4, 0.5) is 4.39 Å². The minimum absolute atomic E-state index is 0. The number of aliphatic imine (C=N–C) groups is 1. The summed E-state index contributed by atoms with van der Waals surface area (Å²) >= 11 is 0. The predicted molar refractivity (Wildman–Crippen MR) is 87.7 cm³/mol. The van der Waals surface area contributed by atoms with Gasteiger partial charge in [-0.05, 0) is 6.92 Å². The van der Waals surface area contributed by atoms with Crippen molar-refractivity contribution in [2.45, 2.75) is 57.6 Å². The molecule has 2 heterocycles. The first-order chi connectivity index (χ1) is 11.4. The molecule has 7 nitrogen and oxygen atoms in total. The molecule has 0 bridgehead atoms. The van der Waals surface area contributed by atoms with Gasteiger partial charge in [-0.15, -0.1) is 0 Å². The molecule has 138 valence electrons. The molecule has 2 aliphatic heterocycles. The van der Waals surface area contributed by atoms with Crippen LogP contribution in [0.25, 0.3) is 0 Å². The zero-order valence-electron chi connectivity index (χ0n) is 14.4. The third-order valence-electron chi connectivity index (χ3n) is 3.57. The van der Waals surface area contributed by atoms with Crippen LogP contribution < -0.4 is 5.32 Å². The molecule has 3 N–H and O–H groups in total. The van der Waals surface area contributed by atoms with Crippen LogP contribution in [0.1, 0.15) is 33.1 Å². The number of aliphatic hydroxyl groups is 2. The summed E-state index contributed by atoms with van der Waals surface area (Å²) in [6.45, 7) is 11.0. The summed E-state index contributed by atoms with van der Waals surface area (Å²) in [6, 6.07) is 0. The second-order valence-corrected chi connectivity index (χ2v) is 5.43. The van der Waals surface area contributed by atoms with Crippen molar-refractivity contribution in [3.63, 3.8) is 0 Å². The molecule has 1 unspecified atom stereocenters. The number of hydrogen-bond donors (Lipinski definition) is 3. The van der Waals surface area contributed by atoms with Crippen molar-refractivity contribution >= 4 is 12.2 Å². The average Bonchev–Trinajstić information content (AvgIpc) is 2.80. The van der Waals surface area contributed by atoms with Crippen LogP contribution >= 0.6 is 0 Å². The van der Waals surface area contributed by atoms with Crippen LogP contribution in [-0.2, 0) is 9.53 Å². The number of amidine groups is 1. The Balaban J connectivity index is 0.000000848. The van der Waals surface area contributed by atoms with Crippen molar-refractivity contribution < 1.29 is 55.2 Å². The zero-order valence-corrected chi connectivity index (χ0v) is 18.6. The van der Waals surface area contributed by atoms with Crippen LogP contribution in [0.2, 0.25) is 0 Å². The van der Waals surface area contributed by atoms with Gasteiger partial charge < -0.3 is 41.9 Å². The molecular weight excluding hydrogens is 555 g/mol. The number of amides is 1. The molecule has 0 spiro atoms. The van der Waals surface area contributed by atoms with Gasteiger partial charge in [0.1, 0.15) is 12.2 Å². The Hall–Kier alpha value is -0.718. The van der Waals surface area contributed by atoms with Crippen molar-refractivity contribution in [1.82, 2.24) is 10.2 Å². The van der Waals surface area contributed by atoms with E-state index in [0.29, 0.717) is 0 Å². The SMILES string of the molecule is C=C1NC(=N[C-]=O)C(F)=CN1[C@@H]1O[C@H](C)[C@@H](O)C1O.[CH2-]CCCC.[U+2]. The molecule has 0 aromatic carbocycles. The van der Waals surface area contributed by atoms with Gasteiger partial charge in [-0.3, -0.25) is 0 Å². The summed E-state index contributed by atoms with van der Waals surface area (Å²) in [5, 5.41) is 21.9. The smallest absolute Gasteiger partial charge is 0.402 e. The number of nitrogens with zero attached hydrogens (tertiary/aromatic N) is 2. The molecule has 0 aliphatic carbocycles. The normalized spacial score (nSPS) is 30.0. The Bertz CT molecular complexity index is 514. The maximum atomic E-state index is 13.6. The standard InChI is InChI=1S/C11H13FN3O4.C5H11.U/c1-5-8(17)9(18)11(19-5)15-3-7(12)10(13-4-16)14-6(15)2;1-3-5-4-2;/h3,5,8-9,11,17-18H,2H2,1H3,(H,13,14,16);1,3-5H2,2H3;/q2*-1;+2/t5-,8-,9?,11-;;/m1../s1. The summed E-state index contributed by atoms with van der Waals surface area (Å²) < 4.78 is 19.0. The second-order valence-electron chi connectivity index (χ2n) is 5.43. The molecule has 1 amide bonds. The fourth-order valence-corrected chi connectivity index (χ4v) is 2.18. The van der Waals surface area contributed by atoms with Gasteiger partial charge in [0.05, 0.1) is 24.2 Å². The van der Waals surface area contributed by atoms with E-state index in [-0.39, 0.29) is 42.8 Å². The Kier molecular flexibility index (Phi) is 11.5. The largest absolute Gasteiger partial charge is 2.00 e. The van der Waals surface area contributed by atoms with Gasteiger partial charge >= 0.3 is 31.1 Å². The number of rotatable bonds is 4. The monoisotopic (exact) mass is 579 g/mol. The number of hydrogen-bond acceptors (Lipinski definition) is 5. The van der Waals surface area contributed by atoms with Crippen molar-refractivity contribution in [2.24, 2.45) is 4.99 Å². The van der Waals surface area contributed by atoms with Crippen LogP contribution in [0, 0.1) is 38.0 Å². The molecule has 0 saturated carbocycles. The van der Waals surface area contributed by atoms with E-state index in [1.165, 1.54) is 24.2 Å². The van der Waals surface area contributed by atoms with Gasteiger partial charge in [0.15, 0.2) is 6.23 Å². The van der Waals surface area contributed by atoms with Gasteiger partial charge in [-0.25, -0.2) is 4.39 Å². The number of carbonyl (C=O) groups excluding carboxylic acids is 1. The van der Waals surface area contributed by atoms with E-state index in [4.69, 9.17) is 4.74 Å². The number of halogens is 1.